The molecular formula is C24H19N3O6S. The number of carbonyl (C=O) groups is 3. The average Bonchev–Trinajstić information content (AvgIpc) is 3.34. The van der Waals surface area contributed by atoms with Gasteiger partial charge in [0.15, 0.2) is 0 Å². The lowest BCUT2D eigenvalue weighted by molar-refractivity contribution is -0.384. The third kappa shape index (κ3) is 4.91. The number of carbonyl (C=O) groups excluding carboxylic acids is 3. The van der Waals surface area contributed by atoms with Crippen LogP contribution in [0.2, 0.25) is 0 Å². The number of aryl methyl sites for hydroxylation is 2. The van der Waals surface area contributed by atoms with Crippen LogP contribution in [0.4, 0.5) is 16.2 Å². The summed E-state index contributed by atoms with van der Waals surface area (Å²) in [5, 5.41) is 13.5. The molecule has 0 saturated carbocycles. The Labute approximate surface area is 198 Å². The first-order valence-corrected chi connectivity index (χ1v) is 11.0. The second kappa shape index (κ2) is 9.36. The fourth-order valence-electron chi connectivity index (χ4n) is 3.41. The number of rotatable bonds is 6. The van der Waals surface area contributed by atoms with Crippen LogP contribution in [-0.2, 0) is 9.59 Å². The highest BCUT2D eigenvalue weighted by Crippen LogP contribution is 2.35. The average molecular weight is 477 g/mol. The summed E-state index contributed by atoms with van der Waals surface area (Å²) in [5.41, 5.74) is 2.47. The molecule has 9 nitrogen and oxygen atoms in total. The molecule has 1 aromatic heterocycles. The van der Waals surface area contributed by atoms with E-state index in [4.69, 9.17) is 4.42 Å². The zero-order chi connectivity index (χ0) is 24.4. The van der Waals surface area contributed by atoms with Crippen LogP contribution in [0.15, 0.2) is 63.9 Å². The van der Waals surface area contributed by atoms with Crippen molar-refractivity contribution in [2.75, 3.05) is 11.9 Å². The quantitative estimate of drug-likeness (QED) is 0.296. The first-order valence-electron chi connectivity index (χ1n) is 10.2. The van der Waals surface area contributed by atoms with Crippen molar-refractivity contribution >= 4 is 46.3 Å². The number of hydrogen-bond acceptors (Lipinski definition) is 7. The van der Waals surface area contributed by atoms with Gasteiger partial charge >= 0.3 is 0 Å². The number of anilines is 1. The van der Waals surface area contributed by atoms with Crippen molar-refractivity contribution in [3.8, 4) is 11.3 Å². The summed E-state index contributed by atoms with van der Waals surface area (Å²) in [4.78, 5) is 49.3. The zero-order valence-electron chi connectivity index (χ0n) is 18.2. The van der Waals surface area contributed by atoms with Gasteiger partial charge in [0.25, 0.3) is 16.8 Å². The second-order valence-electron chi connectivity index (χ2n) is 7.67. The molecule has 3 amide bonds. The van der Waals surface area contributed by atoms with E-state index in [-0.39, 0.29) is 22.1 Å². The van der Waals surface area contributed by atoms with E-state index in [1.807, 2.05) is 13.0 Å². The number of imide groups is 1. The van der Waals surface area contributed by atoms with E-state index < -0.39 is 28.5 Å². The van der Waals surface area contributed by atoms with Crippen molar-refractivity contribution in [2.45, 2.75) is 13.8 Å². The maximum atomic E-state index is 12.7. The summed E-state index contributed by atoms with van der Waals surface area (Å²) in [6.45, 7) is 3.21. The molecule has 0 atom stereocenters. The minimum Gasteiger partial charge on any atom is -0.456 e. The predicted molar refractivity (Wildman–Crippen MR) is 128 cm³/mol. The number of nitrogens with one attached hydrogen (secondary N) is 1. The van der Waals surface area contributed by atoms with Gasteiger partial charge in [0, 0.05) is 17.8 Å². The van der Waals surface area contributed by atoms with Gasteiger partial charge in [-0.2, -0.15) is 0 Å². The Bertz CT molecular complexity index is 1360. The molecule has 1 fully saturated rings. The Morgan fingerprint density at radius 1 is 1.12 bits per heavy atom. The largest absolute Gasteiger partial charge is 0.456 e. The van der Waals surface area contributed by atoms with Crippen molar-refractivity contribution in [3.05, 3.63) is 86.5 Å². The highest BCUT2D eigenvalue weighted by atomic mass is 32.2. The fraction of sp³-hybridized carbons (Fsp3) is 0.125. The van der Waals surface area contributed by atoms with E-state index in [1.165, 1.54) is 12.1 Å². The van der Waals surface area contributed by atoms with E-state index in [0.717, 1.165) is 16.0 Å². The maximum Gasteiger partial charge on any atom is 0.294 e. The molecule has 2 heterocycles. The summed E-state index contributed by atoms with van der Waals surface area (Å²) in [7, 11) is 0. The van der Waals surface area contributed by atoms with Gasteiger partial charge in [-0.05, 0) is 67.1 Å². The molecule has 1 saturated heterocycles. The third-order valence-corrected chi connectivity index (χ3v) is 5.90. The smallest absolute Gasteiger partial charge is 0.294 e. The first-order chi connectivity index (χ1) is 16.2. The number of nitro benzene ring substituents is 1. The monoisotopic (exact) mass is 477 g/mol. The van der Waals surface area contributed by atoms with Gasteiger partial charge in [-0.15, -0.1) is 0 Å². The van der Waals surface area contributed by atoms with Crippen LogP contribution in [0.3, 0.4) is 0 Å². The van der Waals surface area contributed by atoms with Crippen molar-refractivity contribution in [1.29, 1.82) is 0 Å². The van der Waals surface area contributed by atoms with E-state index in [9.17, 15) is 24.5 Å². The van der Waals surface area contributed by atoms with Gasteiger partial charge in [-0.25, -0.2) is 0 Å². The number of nitrogens with zero attached hydrogens (tertiary/aromatic N) is 2. The van der Waals surface area contributed by atoms with Crippen LogP contribution in [0.1, 0.15) is 16.9 Å². The van der Waals surface area contributed by atoms with Crippen molar-refractivity contribution < 1.29 is 23.7 Å². The lowest BCUT2D eigenvalue weighted by atomic mass is 10.1. The van der Waals surface area contributed by atoms with Crippen molar-refractivity contribution in [3.63, 3.8) is 0 Å². The Hall–Kier alpha value is -4.18. The molecule has 2 aromatic carbocycles. The van der Waals surface area contributed by atoms with E-state index in [2.05, 4.69) is 5.32 Å². The molecule has 1 aliphatic rings. The van der Waals surface area contributed by atoms with Crippen LogP contribution in [0.5, 0.6) is 0 Å². The normalized spacial score (nSPS) is 14.6. The lowest BCUT2D eigenvalue weighted by Crippen LogP contribution is -2.36. The number of hydrogen-bond donors (Lipinski definition) is 1. The van der Waals surface area contributed by atoms with Crippen molar-refractivity contribution in [2.24, 2.45) is 0 Å². The van der Waals surface area contributed by atoms with E-state index in [1.54, 1.807) is 49.4 Å². The Morgan fingerprint density at radius 2 is 1.88 bits per heavy atom. The van der Waals surface area contributed by atoms with Gasteiger partial charge in [0.2, 0.25) is 5.91 Å². The summed E-state index contributed by atoms with van der Waals surface area (Å²) in [6.07, 6.45) is 1.38. The van der Waals surface area contributed by atoms with Crippen molar-refractivity contribution in [1.82, 2.24) is 4.90 Å². The SMILES string of the molecule is Cc1cccc(NC(=O)CN2C(=O)S/C(=C/c3ccc(-c4ccc(C)cc4[N+](=O)[O-])o3)C2=O)c1. The number of furan rings is 1. The number of amides is 3. The number of benzene rings is 2. The molecule has 172 valence electrons. The maximum absolute atomic E-state index is 12.7. The second-order valence-corrected chi connectivity index (χ2v) is 8.66. The Kier molecular flexibility index (Phi) is 6.33. The Morgan fingerprint density at radius 3 is 2.62 bits per heavy atom. The Balaban J connectivity index is 1.49. The predicted octanol–water partition coefficient (Wildman–Crippen LogP) is 5.15. The van der Waals surface area contributed by atoms with Gasteiger partial charge in [0.1, 0.15) is 18.1 Å². The molecule has 0 spiro atoms. The molecule has 4 rings (SSSR count). The minimum absolute atomic E-state index is 0.0904. The standard InChI is InChI=1S/C24H19N3O6S/c1-14-4-3-5-16(10-14)25-22(28)13-26-23(29)21(34-24(26)30)12-17-7-9-20(33-17)18-8-6-15(2)11-19(18)27(31)32/h3-12H,13H2,1-2H3,(H,25,28)/b21-12+. The molecule has 1 N–H and O–H groups in total. The molecule has 3 aromatic rings. The summed E-state index contributed by atoms with van der Waals surface area (Å²) >= 11 is 0.693. The van der Waals surface area contributed by atoms with Gasteiger partial charge in [-0.1, -0.05) is 18.2 Å². The van der Waals surface area contributed by atoms with Crippen LogP contribution >= 0.6 is 11.8 Å². The minimum atomic E-state index is -0.617. The molecule has 0 bridgehead atoms. The highest BCUT2D eigenvalue weighted by Gasteiger charge is 2.36. The molecule has 1 aliphatic heterocycles. The summed E-state index contributed by atoms with van der Waals surface area (Å²) < 4.78 is 5.70. The number of thioether (sulfide) groups is 1. The van der Waals surface area contributed by atoms with E-state index in [0.29, 0.717) is 23.0 Å². The van der Waals surface area contributed by atoms with E-state index >= 15 is 0 Å². The summed E-state index contributed by atoms with van der Waals surface area (Å²) in [6, 6.07) is 15.0. The topological polar surface area (TPSA) is 123 Å². The van der Waals surface area contributed by atoms with Crippen LogP contribution in [0, 0.1) is 24.0 Å². The van der Waals surface area contributed by atoms with Gasteiger partial charge in [-0.3, -0.25) is 29.4 Å². The van der Waals surface area contributed by atoms with Gasteiger partial charge < -0.3 is 9.73 Å². The molecule has 10 heteroatoms. The zero-order valence-corrected chi connectivity index (χ0v) is 19.0. The van der Waals surface area contributed by atoms with Crippen LogP contribution in [0.25, 0.3) is 17.4 Å². The van der Waals surface area contributed by atoms with Crippen LogP contribution < -0.4 is 5.32 Å². The lowest BCUT2D eigenvalue weighted by Gasteiger charge is -2.12. The highest BCUT2D eigenvalue weighted by molar-refractivity contribution is 8.18. The molecule has 34 heavy (non-hydrogen) atoms. The molecule has 0 unspecified atom stereocenters. The number of nitro groups is 1. The third-order valence-electron chi connectivity index (χ3n) is 4.99. The molecule has 0 radical (unpaired) electrons. The fourth-order valence-corrected chi connectivity index (χ4v) is 4.23. The molecule has 0 aliphatic carbocycles. The van der Waals surface area contributed by atoms with Gasteiger partial charge in [0.05, 0.1) is 15.4 Å². The molecular weight excluding hydrogens is 458 g/mol. The summed E-state index contributed by atoms with van der Waals surface area (Å²) in [5.74, 6) is -0.607. The first kappa shape index (κ1) is 23.0. The van der Waals surface area contributed by atoms with Crippen LogP contribution in [-0.4, -0.2) is 33.4 Å².